The van der Waals surface area contributed by atoms with Gasteiger partial charge in [-0.15, -0.1) is 0 Å². The van der Waals surface area contributed by atoms with Gasteiger partial charge in [-0.3, -0.25) is 0 Å². The van der Waals surface area contributed by atoms with Gasteiger partial charge in [-0.2, -0.15) is 0 Å². The third-order valence-corrected chi connectivity index (χ3v) is 5.61. The minimum Gasteiger partial charge on any atom is -0.496 e. The average molecular weight is 316 g/mol. The van der Waals surface area contributed by atoms with Gasteiger partial charge in [-0.1, -0.05) is 18.6 Å². The lowest BCUT2D eigenvalue weighted by molar-refractivity contribution is 0.222. The largest absolute Gasteiger partial charge is 0.496 e. The van der Waals surface area contributed by atoms with Crippen LogP contribution in [0.3, 0.4) is 0 Å². The van der Waals surface area contributed by atoms with E-state index in [9.17, 15) is 4.79 Å². The van der Waals surface area contributed by atoms with E-state index in [1.54, 1.807) is 7.11 Å². The predicted octanol–water partition coefficient (Wildman–Crippen LogP) is 3.77. The van der Waals surface area contributed by atoms with Gasteiger partial charge in [-0.25, -0.2) is 4.79 Å². The van der Waals surface area contributed by atoms with Gasteiger partial charge in [0.15, 0.2) is 0 Å². The zero-order chi connectivity index (χ0) is 16.3. The second kappa shape index (κ2) is 6.81. The summed E-state index contributed by atoms with van der Waals surface area (Å²) < 4.78 is 5.32. The molecule has 0 aromatic heterocycles. The Balaban J connectivity index is 1.43. The predicted molar refractivity (Wildman–Crippen MR) is 91.6 cm³/mol. The summed E-state index contributed by atoms with van der Waals surface area (Å²) in [5.41, 5.74) is 2.84. The van der Waals surface area contributed by atoms with Crippen molar-refractivity contribution in [3.05, 3.63) is 29.3 Å². The second-order valence-corrected chi connectivity index (χ2v) is 7.27. The first kappa shape index (κ1) is 16.2. The Kier molecular flexibility index (Phi) is 4.79. The van der Waals surface area contributed by atoms with E-state index in [0.717, 1.165) is 23.4 Å². The van der Waals surface area contributed by atoms with Crippen molar-refractivity contribution < 1.29 is 9.53 Å². The second-order valence-electron chi connectivity index (χ2n) is 7.27. The minimum atomic E-state index is -0.0670. The SMILES string of the molecule is COc1cccc(CNC(=O)NCC2CCCC3(CC3)C2)c1C. The molecule has 4 heteroatoms. The number of hydrogen-bond donors (Lipinski definition) is 2. The van der Waals surface area contributed by atoms with E-state index < -0.39 is 0 Å². The van der Waals surface area contributed by atoms with Gasteiger partial charge >= 0.3 is 6.03 Å². The van der Waals surface area contributed by atoms with Gasteiger partial charge in [0.25, 0.3) is 0 Å². The Morgan fingerprint density at radius 3 is 2.87 bits per heavy atom. The van der Waals surface area contributed by atoms with E-state index in [1.165, 1.54) is 38.5 Å². The van der Waals surface area contributed by atoms with Crippen LogP contribution < -0.4 is 15.4 Å². The number of amides is 2. The zero-order valence-corrected chi connectivity index (χ0v) is 14.3. The van der Waals surface area contributed by atoms with Crippen LogP contribution in [0.25, 0.3) is 0 Å². The van der Waals surface area contributed by atoms with Gasteiger partial charge in [0.2, 0.25) is 0 Å². The van der Waals surface area contributed by atoms with Crippen LogP contribution in [-0.4, -0.2) is 19.7 Å². The van der Waals surface area contributed by atoms with Crippen molar-refractivity contribution in [1.29, 1.82) is 0 Å². The minimum absolute atomic E-state index is 0.0670. The third-order valence-electron chi connectivity index (χ3n) is 5.61. The van der Waals surface area contributed by atoms with E-state index in [0.29, 0.717) is 17.9 Å². The fourth-order valence-corrected chi connectivity index (χ4v) is 3.93. The number of nitrogens with one attached hydrogen (secondary N) is 2. The molecule has 23 heavy (non-hydrogen) atoms. The summed E-state index contributed by atoms with van der Waals surface area (Å²) >= 11 is 0. The van der Waals surface area contributed by atoms with E-state index in [1.807, 2.05) is 25.1 Å². The van der Waals surface area contributed by atoms with Crippen molar-refractivity contribution in [2.45, 2.75) is 52.0 Å². The van der Waals surface area contributed by atoms with Crippen LogP contribution in [0.2, 0.25) is 0 Å². The highest BCUT2D eigenvalue weighted by atomic mass is 16.5. The summed E-state index contributed by atoms with van der Waals surface area (Å²) in [6.45, 7) is 3.36. The van der Waals surface area contributed by atoms with Crippen molar-refractivity contribution in [3.63, 3.8) is 0 Å². The first-order valence-corrected chi connectivity index (χ1v) is 8.76. The maximum absolute atomic E-state index is 12.0. The zero-order valence-electron chi connectivity index (χ0n) is 14.3. The molecule has 0 aliphatic heterocycles. The molecule has 126 valence electrons. The maximum Gasteiger partial charge on any atom is 0.315 e. The molecule has 0 saturated heterocycles. The molecule has 1 spiro atoms. The molecule has 2 amide bonds. The summed E-state index contributed by atoms with van der Waals surface area (Å²) in [6.07, 6.45) is 8.12. The summed E-state index contributed by atoms with van der Waals surface area (Å²) in [6, 6.07) is 5.85. The lowest BCUT2D eigenvalue weighted by Gasteiger charge is -2.29. The Morgan fingerprint density at radius 1 is 1.30 bits per heavy atom. The summed E-state index contributed by atoms with van der Waals surface area (Å²) in [5.74, 6) is 1.53. The lowest BCUT2D eigenvalue weighted by Crippen LogP contribution is -2.39. The number of carbonyl (C=O) groups is 1. The van der Waals surface area contributed by atoms with Gasteiger partial charge in [0.05, 0.1) is 7.11 Å². The number of benzene rings is 1. The maximum atomic E-state index is 12.0. The molecule has 1 aromatic rings. The molecule has 1 unspecified atom stereocenters. The number of urea groups is 1. The van der Waals surface area contributed by atoms with Crippen molar-refractivity contribution >= 4 is 6.03 Å². The normalized spacial score (nSPS) is 21.7. The van der Waals surface area contributed by atoms with Crippen LogP contribution >= 0.6 is 0 Å². The standard InChI is InChI=1S/C19H28N2O2/c1-14-16(6-3-7-17(14)23-2)13-21-18(22)20-12-15-5-4-8-19(11-15)9-10-19/h3,6-7,15H,4-5,8-13H2,1-2H3,(H2,20,21,22). The first-order valence-electron chi connectivity index (χ1n) is 8.76. The molecule has 0 bridgehead atoms. The molecule has 4 nitrogen and oxygen atoms in total. The fourth-order valence-electron chi connectivity index (χ4n) is 3.93. The van der Waals surface area contributed by atoms with E-state index in [2.05, 4.69) is 10.6 Å². The Morgan fingerprint density at radius 2 is 2.13 bits per heavy atom. The topological polar surface area (TPSA) is 50.4 Å². The van der Waals surface area contributed by atoms with Crippen LogP contribution in [0.15, 0.2) is 18.2 Å². The van der Waals surface area contributed by atoms with Crippen LogP contribution in [0.4, 0.5) is 4.79 Å². The molecule has 1 aromatic carbocycles. The Hall–Kier alpha value is -1.71. The molecule has 2 aliphatic rings. The molecular weight excluding hydrogens is 288 g/mol. The lowest BCUT2D eigenvalue weighted by atomic mass is 9.79. The molecule has 0 heterocycles. The van der Waals surface area contributed by atoms with Crippen molar-refractivity contribution in [2.24, 2.45) is 11.3 Å². The van der Waals surface area contributed by atoms with E-state index in [4.69, 9.17) is 4.74 Å². The summed E-state index contributed by atoms with van der Waals surface area (Å²) in [4.78, 5) is 12.0. The molecule has 2 N–H and O–H groups in total. The van der Waals surface area contributed by atoms with Crippen molar-refractivity contribution in [2.75, 3.05) is 13.7 Å². The van der Waals surface area contributed by atoms with Crippen LogP contribution in [0, 0.1) is 18.3 Å². The Labute approximate surface area is 139 Å². The molecule has 3 rings (SSSR count). The summed E-state index contributed by atoms with van der Waals surface area (Å²) in [5, 5.41) is 6.02. The highest BCUT2D eigenvalue weighted by Gasteiger charge is 2.45. The quantitative estimate of drug-likeness (QED) is 0.868. The molecule has 2 fully saturated rings. The Bertz CT molecular complexity index is 566. The summed E-state index contributed by atoms with van der Waals surface area (Å²) in [7, 11) is 1.67. The van der Waals surface area contributed by atoms with Crippen LogP contribution in [-0.2, 0) is 6.54 Å². The fraction of sp³-hybridized carbons (Fsp3) is 0.632. The van der Waals surface area contributed by atoms with Crippen LogP contribution in [0.5, 0.6) is 5.75 Å². The molecule has 2 aliphatic carbocycles. The smallest absolute Gasteiger partial charge is 0.315 e. The molecule has 2 saturated carbocycles. The van der Waals surface area contributed by atoms with Crippen molar-refractivity contribution in [1.82, 2.24) is 10.6 Å². The molecule has 1 atom stereocenters. The van der Waals surface area contributed by atoms with Crippen molar-refractivity contribution in [3.8, 4) is 5.75 Å². The van der Waals surface area contributed by atoms with E-state index >= 15 is 0 Å². The third kappa shape index (κ3) is 3.98. The number of hydrogen-bond acceptors (Lipinski definition) is 2. The molecular formula is C19H28N2O2. The van der Waals surface area contributed by atoms with Gasteiger partial charge in [0, 0.05) is 13.1 Å². The van der Waals surface area contributed by atoms with E-state index in [-0.39, 0.29) is 6.03 Å². The average Bonchev–Trinajstić information content (AvgIpc) is 3.30. The van der Waals surface area contributed by atoms with Gasteiger partial charge < -0.3 is 15.4 Å². The number of ether oxygens (including phenoxy) is 1. The number of rotatable bonds is 5. The highest BCUT2D eigenvalue weighted by molar-refractivity contribution is 5.73. The molecule has 0 radical (unpaired) electrons. The first-order chi connectivity index (χ1) is 11.1. The highest BCUT2D eigenvalue weighted by Crippen LogP contribution is 2.57. The van der Waals surface area contributed by atoms with Gasteiger partial charge in [0.1, 0.15) is 5.75 Å². The number of carbonyl (C=O) groups excluding carboxylic acids is 1. The van der Waals surface area contributed by atoms with Gasteiger partial charge in [-0.05, 0) is 67.6 Å². The number of methoxy groups -OCH3 is 1. The monoisotopic (exact) mass is 316 g/mol. The van der Waals surface area contributed by atoms with Crippen LogP contribution in [0.1, 0.15) is 49.7 Å².